The second-order valence-electron chi connectivity index (χ2n) is 4.91. The second-order valence-corrected chi connectivity index (χ2v) is 6.29. The molecule has 0 saturated carbocycles. The Labute approximate surface area is 143 Å². The summed E-state index contributed by atoms with van der Waals surface area (Å²) in [4.78, 5) is 12.9. The maximum atomic E-state index is 11.8. The third-order valence-corrected chi connectivity index (χ3v) is 4.35. The zero-order valence-corrected chi connectivity index (χ0v) is 13.8. The molecular formula is C17H15ClN2O2S. The average Bonchev–Trinajstić information content (AvgIpc) is 3.23. The zero-order valence-electron chi connectivity index (χ0n) is 12.2. The third kappa shape index (κ3) is 4.37. The van der Waals surface area contributed by atoms with Gasteiger partial charge < -0.3 is 15.1 Å². The van der Waals surface area contributed by atoms with Crippen LogP contribution in [0.4, 0.5) is 4.79 Å². The first-order chi connectivity index (χ1) is 11.2. The molecule has 0 spiro atoms. The number of hydrogen-bond donors (Lipinski definition) is 2. The lowest BCUT2D eigenvalue weighted by Crippen LogP contribution is -2.34. The normalized spacial score (nSPS) is 10.5. The van der Waals surface area contributed by atoms with E-state index in [9.17, 15) is 4.79 Å². The number of carbonyl (C=O) groups is 1. The number of amides is 2. The highest BCUT2D eigenvalue weighted by Crippen LogP contribution is 2.26. The lowest BCUT2D eigenvalue weighted by Gasteiger charge is -2.06. The van der Waals surface area contributed by atoms with Crippen LogP contribution in [-0.2, 0) is 13.1 Å². The quantitative estimate of drug-likeness (QED) is 0.705. The van der Waals surface area contributed by atoms with Gasteiger partial charge in [-0.1, -0.05) is 29.8 Å². The molecule has 0 atom stereocenters. The molecule has 0 aliphatic carbocycles. The standard InChI is InChI=1S/C17H15ClN2O2S/c18-13-5-3-12(4-6-13)10-19-17(21)20-11-14-7-8-15(22-14)16-2-1-9-23-16/h1-9H,10-11H2,(H2,19,20,21). The molecule has 6 heteroatoms. The van der Waals surface area contributed by atoms with Gasteiger partial charge in [0.05, 0.1) is 11.4 Å². The molecule has 23 heavy (non-hydrogen) atoms. The van der Waals surface area contributed by atoms with E-state index in [2.05, 4.69) is 10.6 Å². The van der Waals surface area contributed by atoms with E-state index in [0.717, 1.165) is 22.0 Å². The first kappa shape index (κ1) is 15.6. The van der Waals surface area contributed by atoms with Crippen molar-refractivity contribution in [2.75, 3.05) is 0 Å². The SMILES string of the molecule is O=C(NCc1ccc(Cl)cc1)NCc1ccc(-c2cccs2)o1. The predicted octanol–water partition coefficient (Wildman–Crippen LogP) is 4.66. The highest BCUT2D eigenvalue weighted by molar-refractivity contribution is 7.13. The number of nitrogens with one attached hydrogen (secondary N) is 2. The van der Waals surface area contributed by atoms with Gasteiger partial charge in [-0.2, -0.15) is 0 Å². The molecule has 0 bridgehead atoms. The Morgan fingerprint density at radius 2 is 1.83 bits per heavy atom. The predicted molar refractivity (Wildman–Crippen MR) is 92.5 cm³/mol. The minimum atomic E-state index is -0.242. The maximum absolute atomic E-state index is 11.8. The average molecular weight is 347 g/mol. The Morgan fingerprint density at radius 1 is 1.04 bits per heavy atom. The number of rotatable bonds is 5. The van der Waals surface area contributed by atoms with Crippen LogP contribution in [0.2, 0.25) is 5.02 Å². The van der Waals surface area contributed by atoms with E-state index in [0.29, 0.717) is 18.1 Å². The fourth-order valence-electron chi connectivity index (χ4n) is 2.04. The molecule has 0 aliphatic heterocycles. The summed E-state index contributed by atoms with van der Waals surface area (Å²) in [6, 6.07) is 14.9. The van der Waals surface area contributed by atoms with Crippen LogP contribution in [0, 0.1) is 0 Å². The van der Waals surface area contributed by atoms with Crippen molar-refractivity contribution in [2.24, 2.45) is 0 Å². The molecule has 2 amide bonds. The van der Waals surface area contributed by atoms with Gasteiger partial charge >= 0.3 is 6.03 Å². The van der Waals surface area contributed by atoms with E-state index in [1.165, 1.54) is 0 Å². The number of carbonyl (C=O) groups excluding carboxylic acids is 1. The van der Waals surface area contributed by atoms with E-state index >= 15 is 0 Å². The molecule has 0 saturated heterocycles. The summed E-state index contributed by atoms with van der Waals surface area (Å²) in [6.07, 6.45) is 0. The van der Waals surface area contributed by atoms with Crippen LogP contribution < -0.4 is 10.6 Å². The van der Waals surface area contributed by atoms with Gasteiger partial charge in [-0.3, -0.25) is 0 Å². The highest BCUT2D eigenvalue weighted by Gasteiger charge is 2.07. The molecule has 4 nitrogen and oxygen atoms in total. The molecule has 0 radical (unpaired) electrons. The van der Waals surface area contributed by atoms with Crippen molar-refractivity contribution >= 4 is 29.0 Å². The van der Waals surface area contributed by atoms with Crippen LogP contribution in [0.5, 0.6) is 0 Å². The lowest BCUT2D eigenvalue weighted by atomic mass is 10.2. The molecular weight excluding hydrogens is 332 g/mol. The van der Waals surface area contributed by atoms with Crippen LogP contribution in [0.3, 0.4) is 0 Å². The van der Waals surface area contributed by atoms with Crippen LogP contribution in [0.25, 0.3) is 10.6 Å². The van der Waals surface area contributed by atoms with Gasteiger partial charge in [-0.05, 0) is 41.3 Å². The summed E-state index contributed by atoms with van der Waals surface area (Å²) in [6.45, 7) is 0.791. The molecule has 0 fully saturated rings. The molecule has 2 heterocycles. The Hall–Kier alpha value is -2.24. The number of urea groups is 1. The summed E-state index contributed by atoms with van der Waals surface area (Å²) >= 11 is 7.44. The Morgan fingerprint density at radius 3 is 2.57 bits per heavy atom. The number of halogens is 1. The molecule has 0 aliphatic rings. The molecule has 118 valence electrons. The molecule has 1 aromatic carbocycles. The fraction of sp³-hybridized carbons (Fsp3) is 0.118. The van der Waals surface area contributed by atoms with E-state index in [4.69, 9.17) is 16.0 Å². The smallest absolute Gasteiger partial charge is 0.315 e. The van der Waals surface area contributed by atoms with Crippen molar-refractivity contribution in [1.29, 1.82) is 0 Å². The Bertz CT molecular complexity index is 766. The topological polar surface area (TPSA) is 54.3 Å². The molecule has 2 N–H and O–H groups in total. The van der Waals surface area contributed by atoms with E-state index in [-0.39, 0.29) is 6.03 Å². The summed E-state index contributed by atoms with van der Waals surface area (Å²) in [5.41, 5.74) is 0.988. The van der Waals surface area contributed by atoms with Crippen LogP contribution in [0.15, 0.2) is 58.3 Å². The fourth-order valence-corrected chi connectivity index (χ4v) is 2.85. The number of hydrogen-bond acceptors (Lipinski definition) is 3. The number of benzene rings is 1. The van der Waals surface area contributed by atoms with Crippen molar-refractivity contribution in [3.8, 4) is 10.6 Å². The van der Waals surface area contributed by atoms with E-state index in [1.807, 2.05) is 41.8 Å². The second kappa shape index (κ2) is 7.35. The Balaban J connectivity index is 1.46. The summed E-state index contributed by atoms with van der Waals surface area (Å²) in [5.74, 6) is 1.54. The molecule has 3 rings (SSSR count). The van der Waals surface area contributed by atoms with Crippen molar-refractivity contribution in [3.63, 3.8) is 0 Å². The molecule has 0 unspecified atom stereocenters. The van der Waals surface area contributed by atoms with E-state index in [1.54, 1.807) is 23.5 Å². The largest absolute Gasteiger partial charge is 0.458 e. The first-order valence-electron chi connectivity index (χ1n) is 7.09. The lowest BCUT2D eigenvalue weighted by molar-refractivity contribution is 0.239. The van der Waals surface area contributed by atoms with Crippen molar-refractivity contribution in [1.82, 2.24) is 10.6 Å². The maximum Gasteiger partial charge on any atom is 0.315 e. The van der Waals surface area contributed by atoms with Crippen LogP contribution in [-0.4, -0.2) is 6.03 Å². The van der Waals surface area contributed by atoms with Crippen LogP contribution in [0.1, 0.15) is 11.3 Å². The van der Waals surface area contributed by atoms with Gasteiger partial charge in [-0.15, -0.1) is 11.3 Å². The third-order valence-electron chi connectivity index (χ3n) is 3.22. The van der Waals surface area contributed by atoms with Gasteiger partial charge in [0.2, 0.25) is 0 Å². The summed E-state index contributed by atoms with van der Waals surface area (Å²) in [5, 5.41) is 8.24. The minimum Gasteiger partial charge on any atom is -0.458 e. The monoisotopic (exact) mass is 346 g/mol. The zero-order chi connectivity index (χ0) is 16.1. The number of thiophene rings is 1. The van der Waals surface area contributed by atoms with Crippen LogP contribution >= 0.6 is 22.9 Å². The molecule has 2 aromatic heterocycles. The first-order valence-corrected chi connectivity index (χ1v) is 8.35. The van der Waals surface area contributed by atoms with Crippen molar-refractivity contribution < 1.29 is 9.21 Å². The van der Waals surface area contributed by atoms with E-state index < -0.39 is 0 Å². The van der Waals surface area contributed by atoms with Gasteiger partial charge in [-0.25, -0.2) is 4.79 Å². The van der Waals surface area contributed by atoms with Gasteiger partial charge in [0.25, 0.3) is 0 Å². The summed E-state index contributed by atoms with van der Waals surface area (Å²) in [7, 11) is 0. The Kier molecular flexibility index (Phi) is 5.00. The van der Waals surface area contributed by atoms with Gasteiger partial charge in [0, 0.05) is 11.6 Å². The van der Waals surface area contributed by atoms with Crippen molar-refractivity contribution in [3.05, 3.63) is 70.3 Å². The minimum absolute atomic E-state index is 0.242. The molecule has 3 aromatic rings. The van der Waals surface area contributed by atoms with Gasteiger partial charge in [0.15, 0.2) is 0 Å². The highest BCUT2D eigenvalue weighted by atomic mass is 35.5. The summed E-state index contributed by atoms with van der Waals surface area (Å²) < 4.78 is 5.71. The number of furan rings is 1. The van der Waals surface area contributed by atoms with Gasteiger partial charge in [0.1, 0.15) is 11.5 Å². The van der Waals surface area contributed by atoms with Crippen molar-refractivity contribution in [2.45, 2.75) is 13.1 Å².